The van der Waals surface area contributed by atoms with E-state index in [1.807, 2.05) is 25.1 Å². The van der Waals surface area contributed by atoms with E-state index in [4.69, 9.17) is 10.5 Å². The summed E-state index contributed by atoms with van der Waals surface area (Å²) in [6.07, 6.45) is 3.38. The third-order valence-corrected chi connectivity index (χ3v) is 4.25. The summed E-state index contributed by atoms with van der Waals surface area (Å²) in [5.74, 6) is 2.76. The lowest BCUT2D eigenvalue weighted by Crippen LogP contribution is -2.15. The molecular weight excluding hydrogens is 332 g/mol. The highest BCUT2D eigenvalue weighted by Crippen LogP contribution is 2.28. The minimum Gasteiger partial charge on any atom is -0.485 e. The first-order valence-corrected chi connectivity index (χ1v) is 8.03. The summed E-state index contributed by atoms with van der Waals surface area (Å²) in [6.45, 7) is 3.36. The van der Waals surface area contributed by atoms with Crippen molar-refractivity contribution in [2.24, 2.45) is 5.73 Å². The smallest absolute Gasteiger partial charge is 0.171 e. The Morgan fingerprint density at radius 3 is 3.05 bits per heavy atom. The summed E-state index contributed by atoms with van der Waals surface area (Å²) in [5, 5.41) is 8.50. The molecule has 1 aliphatic rings. The van der Waals surface area contributed by atoms with Crippen molar-refractivity contribution in [1.29, 1.82) is 0 Å². The second-order valence-electron chi connectivity index (χ2n) is 5.40. The molecule has 0 bridgehead atoms. The van der Waals surface area contributed by atoms with Gasteiger partial charge >= 0.3 is 0 Å². The van der Waals surface area contributed by atoms with Crippen LogP contribution >= 0.6 is 15.9 Å². The number of fused-ring (bicyclic) bond motifs is 1. The lowest BCUT2D eigenvalue weighted by atomic mass is 10.1. The van der Waals surface area contributed by atoms with Crippen LogP contribution in [-0.4, -0.2) is 14.8 Å². The first-order valence-electron chi connectivity index (χ1n) is 7.24. The SMILES string of the molecule is CC(N)c1ccc(Br)cc1OCc1nnc2n1CCCC2. The molecule has 1 atom stereocenters. The van der Waals surface area contributed by atoms with Crippen LogP contribution in [-0.2, 0) is 19.6 Å². The number of hydrogen-bond donors (Lipinski definition) is 1. The molecular formula is C15H19BrN4O. The summed E-state index contributed by atoms with van der Waals surface area (Å²) in [4.78, 5) is 0. The van der Waals surface area contributed by atoms with Gasteiger partial charge in [-0.3, -0.25) is 0 Å². The fourth-order valence-electron chi connectivity index (χ4n) is 2.63. The number of nitrogens with two attached hydrogens (primary N) is 1. The predicted octanol–water partition coefficient (Wildman–Crippen LogP) is 2.98. The van der Waals surface area contributed by atoms with Crippen LogP contribution in [0, 0.1) is 0 Å². The Balaban J connectivity index is 1.79. The van der Waals surface area contributed by atoms with Gasteiger partial charge in [-0.2, -0.15) is 0 Å². The maximum Gasteiger partial charge on any atom is 0.171 e. The van der Waals surface area contributed by atoms with Gasteiger partial charge in [-0.25, -0.2) is 0 Å². The molecule has 0 spiro atoms. The number of aryl methyl sites for hydroxylation is 1. The van der Waals surface area contributed by atoms with Crippen LogP contribution < -0.4 is 10.5 Å². The van der Waals surface area contributed by atoms with Crippen LogP contribution in [0.5, 0.6) is 5.75 Å². The maximum absolute atomic E-state index is 6.00. The van der Waals surface area contributed by atoms with Gasteiger partial charge in [0.15, 0.2) is 5.82 Å². The highest BCUT2D eigenvalue weighted by Gasteiger charge is 2.17. The van der Waals surface area contributed by atoms with Crippen LogP contribution in [0.4, 0.5) is 0 Å². The molecule has 6 heteroatoms. The Morgan fingerprint density at radius 2 is 2.24 bits per heavy atom. The summed E-state index contributed by atoms with van der Waals surface area (Å²) < 4.78 is 9.11. The van der Waals surface area contributed by atoms with Gasteiger partial charge in [0.05, 0.1) is 0 Å². The van der Waals surface area contributed by atoms with Gasteiger partial charge in [-0.15, -0.1) is 10.2 Å². The van der Waals surface area contributed by atoms with Gasteiger partial charge in [0, 0.05) is 29.0 Å². The van der Waals surface area contributed by atoms with E-state index in [0.29, 0.717) is 6.61 Å². The molecule has 0 saturated carbocycles. The van der Waals surface area contributed by atoms with E-state index in [9.17, 15) is 0 Å². The molecule has 0 saturated heterocycles. The van der Waals surface area contributed by atoms with Gasteiger partial charge in [-0.05, 0) is 31.9 Å². The first kappa shape index (κ1) is 14.5. The fraction of sp³-hybridized carbons (Fsp3) is 0.467. The first-order chi connectivity index (χ1) is 10.1. The second-order valence-corrected chi connectivity index (χ2v) is 6.32. The van der Waals surface area contributed by atoms with E-state index < -0.39 is 0 Å². The van der Waals surface area contributed by atoms with Gasteiger partial charge < -0.3 is 15.0 Å². The molecule has 21 heavy (non-hydrogen) atoms. The lowest BCUT2D eigenvalue weighted by molar-refractivity contribution is 0.282. The monoisotopic (exact) mass is 350 g/mol. The molecule has 0 amide bonds. The molecule has 112 valence electrons. The minimum atomic E-state index is -0.0691. The lowest BCUT2D eigenvalue weighted by Gasteiger charge is -2.17. The minimum absolute atomic E-state index is 0.0691. The number of ether oxygens (including phenoxy) is 1. The maximum atomic E-state index is 6.00. The third-order valence-electron chi connectivity index (χ3n) is 3.76. The van der Waals surface area contributed by atoms with Crippen molar-refractivity contribution < 1.29 is 4.74 Å². The molecule has 3 rings (SSSR count). The molecule has 0 fully saturated rings. The summed E-state index contributed by atoms with van der Waals surface area (Å²) in [5.41, 5.74) is 6.99. The predicted molar refractivity (Wildman–Crippen MR) is 84.0 cm³/mol. The summed E-state index contributed by atoms with van der Waals surface area (Å²) in [7, 11) is 0. The van der Waals surface area contributed by atoms with E-state index in [-0.39, 0.29) is 6.04 Å². The molecule has 2 aromatic rings. The topological polar surface area (TPSA) is 66.0 Å². The van der Waals surface area contributed by atoms with Gasteiger partial charge in [0.1, 0.15) is 18.2 Å². The largest absolute Gasteiger partial charge is 0.485 e. The Labute approximate surface area is 132 Å². The molecule has 1 aliphatic heterocycles. The average molecular weight is 351 g/mol. The van der Waals surface area contributed by atoms with Crippen molar-refractivity contribution >= 4 is 15.9 Å². The van der Waals surface area contributed by atoms with E-state index in [0.717, 1.165) is 40.4 Å². The Morgan fingerprint density at radius 1 is 1.38 bits per heavy atom. The van der Waals surface area contributed by atoms with Crippen molar-refractivity contribution in [3.8, 4) is 5.75 Å². The standard InChI is InChI=1S/C15H19BrN4O/c1-10(17)12-6-5-11(16)8-13(12)21-9-15-19-18-14-4-2-3-7-20(14)15/h5-6,8,10H,2-4,7,9,17H2,1H3. The van der Waals surface area contributed by atoms with Gasteiger partial charge in [0.25, 0.3) is 0 Å². The summed E-state index contributed by atoms with van der Waals surface area (Å²) >= 11 is 3.47. The Kier molecular flexibility index (Phi) is 4.26. The quantitative estimate of drug-likeness (QED) is 0.920. The zero-order valence-electron chi connectivity index (χ0n) is 12.1. The van der Waals surface area contributed by atoms with E-state index >= 15 is 0 Å². The van der Waals surface area contributed by atoms with Gasteiger partial charge in [-0.1, -0.05) is 22.0 Å². The zero-order chi connectivity index (χ0) is 14.8. The number of benzene rings is 1. The van der Waals surface area contributed by atoms with E-state index in [2.05, 4.69) is 30.7 Å². The van der Waals surface area contributed by atoms with Crippen LogP contribution in [0.1, 0.15) is 43.0 Å². The number of nitrogens with zero attached hydrogens (tertiary/aromatic N) is 3. The number of aromatic nitrogens is 3. The van der Waals surface area contributed by atoms with E-state index in [1.165, 1.54) is 12.8 Å². The van der Waals surface area contributed by atoms with Crippen LogP contribution in [0.25, 0.3) is 0 Å². The third kappa shape index (κ3) is 3.11. The van der Waals surface area contributed by atoms with Crippen LogP contribution in [0.3, 0.4) is 0 Å². The highest BCUT2D eigenvalue weighted by molar-refractivity contribution is 9.10. The molecule has 2 heterocycles. The number of hydrogen-bond acceptors (Lipinski definition) is 4. The molecule has 1 aromatic carbocycles. The molecule has 2 N–H and O–H groups in total. The van der Waals surface area contributed by atoms with E-state index in [1.54, 1.807) is 0 Å². The van der Waals surface area contributed by atoms with Crippen LogP contribution in [0.2, 0.25) is 0 Å². The second kappa shape index (κ2) is 6.15. The van der Waals surface area contributed by atoms with Crippen molar-refractivity contribution in [2.75, 3.05) is 0 Å². The van der Waals surface area contributed by atoms with Crippen molar-refractivity contribution in [2.45, 2.75) is 45.4 Å². The molecule has 5 nitrogen and oxygen atoms in total. The van der Waals surface area contributed by atoms with Gasteiger partial charge in [0.2, 0.25) is 0 Å². The average Bonchev–Trinajstić information content (AvgIpc) is 2.88. The molecule has 1 aromatic heterocycles. The summed E-state index contributed by atoms with van der Waals surface area (Å²) in [6, 6.07) is 5.85. The number of rotatable bonds is 4. The zero-order valence-corrected chi connectivity index (χ0v) is 13.6. The number of halogens is 1. The highest BCUT2D eigenvalue weighted by atomic mass is 79.9. The fourth-order valence-corrected chi connectivity index (χ4v) is 2.97. The Bertz CT molecular complexity index is 639. The van der Waals surface area contributed by atoms with Crippen molar-refractivity contribution in [3.05, 3.63) is 39.9 Å². The Hall–Kier alpha value is -1.40. The normalized spacial score (nSPS) is 15.6. The molecule has 1 unspecified atom stereocenters. The molecule has 0 aliphatic carbocycles. The molecule has 0 radical (unpaired) electrons. The van der Waals surface area contributed by atoms with Crippen molar-refractivity contribution in [3.63, 3.8) is 0 Å². The van der Waals surface area contributed by atoms with Crippen molar-refractivity contribution in [1.82, 2.24) is 14.8 Å². The van der Waals surface area contributed by atoms with Crippen LogP contribution in [0.15, 0.2) is 22.7 Å².